The van der Waals surface area contributed by atoms with Crippen LogP contribution in [-0.4, -0.2) is 9.91 Å². The van der Waals surface area contributed by atoms with Gasteiger partial charge in [-0.2, -0.15) is 0 Å². The zero-order valence-electron chi connectivity index (χ0n) is 10.8. The molecule has 0 saturated heterocycles. The molecule has 0 fully saturated rings. The summed E-state index contributed by atoms with van der Waals surface area (Å²) >= 11 is 1.56. The summed E-state index contributed by atoms with van der Waals surface area (Å²) in [5.41, 5.74) is 4.61. The van der Waals surface area contributed by atoms with Crippen LogP contribution in [0.4, 0.5) is 5.69 Å². The summed E-state index contributed by atoms with van der Waals surface area (Å²) in [5, 5.41) is 16.2. The maximum absolute atomic E-state index is 10.9. The molecule has 1 heterocycles. The molecule has 1 aromatic heterocycles. The topological polar surface area (TPSA) is 68.1 Å². The lowest BCUT2D eigenvalue weighted by atomic mass is 10.1. The Kier molecular flexibility index (Phi) is 4.24. The molecule has 2 aromatic rings. The summed E-state index contributed by atoms with van der Waals surface area (Å²) in [6.45, 7) is 4.40. The second kappa shape index (κ2) is 5.90. The molecule has 1 aromatic carbocycles. The van der Waals surface area contributed by atoms with Gasteiger partial charge in [0.25, 0.3) is 5.69 Å². The minimum absolute atomic E-state index is 0.130. The van der Waals surface area contributed by atoms with E-state index in [1.54, 1.807) is 29.8 Å². The number of nitro benzene ring substituents is 1. The van der Waals surface area contributed by atoms with Crippen molar-refractivity contribution in [1.82, 2.24) is 10.3 Å². The van der Waals surface area contributed by atoms with Crippen molar-refractivity contribution in [2.24, 2.45) is 0 Å². The number of hydrogen-bond donors (Lipinski definition) is 1. The normalized spacial score (nSPS) is 12.3. The standard InChI is InChI=1S/C13H15N3O2S/c1-9-11(4-3-5-13(9)16(17)18)6-14-10(2)12-7-19-8-15-12/h3-5,7-8,10,14H,6H2,1-2H3. The van der Waals surface area contributed by atoms with Crippen molar-refractivity contribution in [3.8, 4) is 0 Å². The van der Waals surface area contributed by atoms with E-state index >= 15 is 0 Å². The SMILES string of the molecule is Cc1c(CNC(C)c2cscn2)cccc1[N+](=O)[O-]. The predicted molar refractivity (Wildman–Crippen MR) is 75.2 cm³/mol. The predicted octanol–water partition coefficient (Wildman–Crippen LogP) is 3.21. The highest BCUT2D eigenvalue weighted by Crippen LogP contribution is 2.21. The molecule has 2 rings (SSSR count). The molecule has 6 heteroatoms. The molecule has 0 radical (unpaired) electrons. The zero-order chi connectivity index (χ0) is 13.8. The van der Waals surface area contributed by atoms with Gasteiger partial charge < -0.3 is 5.32 Å². The monoisotopic (exact) mass is 277 g/mol. The lowest BCUT2D eigenvalue weighted by Crippen LogP contribution is -2.19. The van der Waals surface area contributed by atoms with Crippen molar-refractivity contribution >= 4 is 17.0 Å². The van der Waals surface area contributed by atoms with E-state index in [0.29, 0.717) is 12.1 Å². The molecular formula is C13H15N3O2S. The molecule has 0 saturated carbocycles. The first-order valence-electron chi connectivity index (χ1n) is 5.94. The van der Waals surface area contributed by atoms with Crippen molar-refractivity contribution < 1.29 is 4.92 Å². The molecule has 1 N–H and O–H groups in total. The Balaban J connectivity index is 2.08. The number of rotatable bonds is 5. The van der Waals surface area contributed by atoms with Gasteiger partial charge in [0.15, 0.2) is 0 Å². The van der Waals surface area contributed by atoms with Crippen molar-refractivity contribution in [3.05, 3.63) is 56.0 Å². The Hall–Kier alpha value is -1.79. The minimum Gasteiger partial charge on any atom is -0.305 e. The first kappa shape index (κ1) is 13.6. The molecule has 0 aliphatic rings. The van der Waals surface area contributed by atoms with Crippen molar-refractivity contribution in [3.63, 3.8) is 0 Å². The molecule has 100 valence electrons. The number of thiazole rings is 1. The summed E-state index contributed by atoms with van der Waals surface area (Å²) in [6, 6.07) is 5.28. The van der Waals surface area contributed by atoms with E-state index in [1.807, 2.05) is 18.4 Å². The van der Waals surface area contributed by atoms with Crippen LogP contribution in [-0.2, 0) is 6.54 Å². The van der Waals surface area contributed by atoms with Crippen LogP contribution in [0.2, 0.25) is 0 Å². The largest absolute Gasteiger partial charge is 0.305 e. The van der Waals surface area contributed by atoms with E-state index in [-0.39, 0.29) is 16.7 Å². The Morgan fingerprint density at radius 1 is 1.53 bits per heavy atom. The molecule has 0 aliphatic heterocycles. The molecule has 19 heavy (non-hydrogen) atoms. The number of aromatic nitrogens is 1. The van der Waals surface area contributed by atoms with E-state index in [1.165, 1.54) is 6.07 Å². The van der Waals surface area contributed by atoms with Crippen LogP contribution >= 0.6 is 11.3 Å². The number of benzene rings is 1. The summed E-state index contributed by atoms with van der Waals surface area (Å²) in [4.78, 5) is 14.8. The Morgan fingerprint density at radius 2 is 2.32 bits per heavy atom. The van der Waals surface area contributed by atoms with Gasteiger partial charge in [0, 0.05) is 29.6 Å². The second-order valence-corrected chi connectivity index (χ2v) is 5.05. The summed E-state index contributed by atoms with van der Waals surface area (Å²) in [6.07, 6.45) is 0. The second-order valence-electron chi connectivity index (χ2n) is 4.33. The van der Waals surface area contributed by atoms with Crippen LogP contribution in [0.5, 0.6) is 0 Å². The van der Waals surface area contributed by atoms with E-state index in [9.17, 15) is 10.1 Å². The number of nitrogens with zero attached hydrogens (tertiary/aromatic N) is 2. The highest BCUT2D eigenvalue weighted by Gasteiger charge is 2.14. The fraction of sp³-hybridized carbons (Fsp3) is 0.308. The number of nitro groups is 1. The van der Waals surface area contributed by atoms with Crippen LogP contribution in [0.25, 0.3) is 0 Å². The Labute approximate surface area is 115 Å². The van der Waals surface area contributed by atoms with Crippen molar-refractivity contribution in [1.29, 1.82) is 0 Å². The molecule has 5 nitrogen and oxygen atoms in total. The van der Waals surface area contributed by atoms with Gasteiger partial charge in [-0.3, -0.25) is 10.1 Å². The molecule has 1 unspecified atom stereocenters. The van der Waals surface area contributed by atoms with Crippen molar-refractivity contribution in [2.75, 3.05) is 0 Å². The smallest absolute Gasteiger partial charge is 0.272 e. The first-order chi connectivity index (χ1) is 9.09. The van der Waals surface area contributed by atoms with Gasteiger partial charge in [0.05, 0.1) is 16.1 Å². The quantitative estimate of drug-likeness (QED) is 0.673. The third kappa shape index (κ3) is 3.15. The van der Waals surface area contributed by atoms with Gasteiger partial charge in [0.1, 0.15) is 0 Å². The number of hydrogen-bond acceptors (Lipinski definition) is 5. The third-order valence-electron chi connectivity index (χ3n) is 3.11. The molecule has 1 atom stereocenters. The summed E-state index contributed by atoms with van der Waals surface area (Å²) < 4.78 is 0. The van der Waals surface area contributed by atoms with Gasteiger partial charge in [0.2, 0.25) is 0 Å². The van der Waals surface area contributed by atoms with Gasteiger partial charge in [-0.1, -0.05) is 12.1 Å². The van der Waals surface area contributed by atoms with Crippen LogP contribution in [0.15, 0.2) is 29.1 Å². The van der Waals surface area contributed by atoms with Crippen LogP contribution < -0.4 is 5.32 Å². The van der Waals surface area contributed by atoms with Gasteiger partial charge >= 0.3 is 0 Å². The van der Waals surface area contributed by atoms with Gasteiger partial charge in [-0.05, 0) is 19.4 Å². The number of nitrogens with one attached hydrogen (secondary N) is 1. The summed E-state index contributed by atoms with van der Waals surface area (Å²) in [5.74, 6) is 0. The maximum Gasteiger partial charge on any atom is 0.272 e. The van der Waals surface area contributed by atoms with Gasteiger partial charge in [-0.25, -0.2) is 4.98 Å². The molecule has 0 spiro atoms. The van der Waals surface area contributed by atoms with E-state index in [4.69, 9.17) is 0 Å². The van der Waals surface area contributed by atoms with E-state index < -0.39 is 0 Å². The minimum atomic E-state index is -0.345. The van der Waals surface area contributed by atoms with E-state index in [0.717, 1.165) is 11.3 Å². The average molecular weight is 277 g/mol. The highest BCUT2D eigenvalue weighted by atomic mass is 32.1. The van der Waals surface area contributed by atoms with Crippen molar-refractivity contribution in [2.45, 2.75) is 26.4 Å². The highest BCUT2D eigenvalue weighted by molar-refractivity contribution is 7.07. The molecule has 0 amide bonds. The maximum atomic E-state index is 10.9. The zero-order valence-corrected chi connectivity index (χ0v) is 11.6. The molecular weight excluding hydrogens is 262 g/mol. The fourth-order valence-corrected chi connectivity index (χ4v) is 2.51. The van der Waals surface area contributed by atoms with Gasteiger partial charge in [-0.15, -0.1) is 11.3 Å². The van der Waals surface area contributed by atoms with Crippen LogP contribution in [0.3, 0.4) is 0 Å². The third-order valence-corrected chi connectivity index (χ3v) is 3.71. The molecule has 0 bridgehead atoms. The van der Waals surface area contributed by atoms with Crippen LogP contribution in [0.1, 0.15) is 29.8 Å². The fourth-order valence-electron chi connectivity index (χ4n) is 1.86. The average Bonchev–Trinajstić information content (AvgIpc) is 2.90. The Morgan fingerprint density at radius 3 is 2.95 bits per heavy atom. The molecule has 0 aliphatic carbocycles. The van der Waals surface area contributed by atoms with E-state index in [2.05, 4.69) is 10.3 Å². The lowest BCUT2D eigenvalue weighted by Gasteiger charge is -2.13. The first-order valence-corrected chi connectivity index (χ1v) is 6.88. The summed E-state index contributed by atoms with van der Waals surface area (Å²) in [7, 11) is 0. The lowest BCUT2D eigenvalue weighted by molar-refractivity contribution is -0.385. The van der Waals surface area contributed by atoms with Crippen LogP contribution in [0, 0.1) is 17.0 Å². The Bertz CT molecular complexity index is 569.